The average Bonchev–Trinajstić information content (AvgIpc) is 3.43. The molecular weight excluding hydrogens is 1000 g/mol. The maximum absolute atomic E-state index is 12.9. The van der Waals surface area contributed by atoms with Gasteiger partial charge in [-0.3, -0.25) is 23.4 Å². The number of phosphoric ester groups is 1. The molecule has 0 aromatic carbocycles. The highest BCUT2D eigenvalue weighted by Gasteiger charge is 2.28. The summed E-state index contributed by atoms with van der Waals surface area (Å²) in [6, 6.07) is 0. The van der Waals surface area contributed by atoms with Gasteiger partial charge in [0.05, 0.1) is 19.8 Å². The standard InChI is InChI=1S/C66H111O11P/c1-4-7-10-13-16-19-22-25-28-30-31-33-36-39-42-45-48-51-54-57-66(70)77-63(59-73-64(68)55-52-49-46-43-40-37-35-32-29-26-23-20-17-14-11-8-5-2)61-75-78(71,72)74-60-62(58-67)76-65(69)56-53-50-47-44-41-38-34-27-24-21-18-15-12-9-6-3/h8-9,11-12,16-21,25-29,34,41,44,62-63,67H,4-7,10,13-15,22-24,30-33,35-40,42-43,45-61H2,1-3H3,(H,71,72)/b11-8-,12-9-,19-16-,20-17-,21-18-,28-25-,29-26-,34-27-,44-41-. The van der Waals surface area contributed by atoms with Crippen LogP contribution in [0.4, 0.5) is 0 Å². The zero-order valence-electron chi connectivity index (χ0n) is 49.3. The van der Waals surface area contributed by atoms with Crippen molar-refractivity contribution in [2.75, 3.05) is 26.4 Å². The topological polar surface area (TPSA) is 155 Å². The molecule has 0 saturated heterocycles. The predicted octanol–water partition coefficient (Wildman–Crippen LogP) is 18.6. The van der Waals surface area contributed by atoms with E-state index in [0.717, 1.165) is 122 Å². The van der Waals surface area contributed by atoms with Crippen molar-refractivity contribution in [2.45, 2.75) is 264 Å². The third-order valence-corrected chi connectivity index (χ3v) is 13.6. The molecule has 446 valence electrons. The Morgan fingerprint density at radius 3 is 1.05 bits per heavy atom. The number of phosphoric acid groups is 1. The lowest BCUT2D eigenvalue weighted by Gasteiger charge is -2.21. The Morgan fingerprint density at radius 1 is 0.372 bits per heavy atom. The first-order valence-electron chi connectivity index (χ1n) is 30.8. The number of ether oxygens (including phenoxy) is 3. The monoisotopic (exact) mass is 1110 g/mol. The fourth-order valence-corrected chi connectivity index (χ4v) is 8.82. The van der Waals surface area contributed by atoms with Crippen LogP contribution in [0.3, 0.4) is 0 Å². The van der Waals surface area contributed by atoms with E-state index in [9.17, 15) is 28.9 Å². The van der Waals surface area contributed by atoms with Gasteiger partial charge in [0.2, 0.25) is 0 Å². The molecule has 0 aliphatic carbocycles. The van der Waals surface area contributed by atoms with Gasteiger partial charge in [-0.1, -0.05) is 220 Å². The van der Waals surface area contributed by atoms with E-state index >= 15 is 0 Å². The molecule has 0 radical (unpaired) electrons. The van der Waals surface area contributed by atoms with Gasteiger partial charge < -0.3 is 24.2 Å². The van der Waals surface area contributed by atoms with Gasteiger partial charge in [-0.25, -0.2) is 4.57 Å². The smallest absolute Gasteiger partial charge is 0.462 e. The lowest BCUT2D eigenvalue weighted by molar-refractivity contribution is -0.161. The van der Waals surface area contributed by atoms with Gasteiger partial charge in [0.1, 0.15) is 12.7 Å². The summed E-state index contributed by atoms with van der Waals surface area (Å²) in [7, 11) is -4.77. The second kappa shape index (κ2) is 59.3. The molecule has 0 amide bonds. The number of rotatable bonds is 56. The summed E-state index contributed by atoms with van der Waals surface area (Å²) in [4.78, 5) is 48.7. The highest BCUT2D eigenvalue weighted by Crippen LogP contribution is 2.43. The quantitative estimate of drug-likeness (QED) is 0.0197. The lowest BCUT2D eigenvalue weighted by atomic mass is 10.1. The van der Waals surface area contributed by atoms with Gasteiger partial charge in [-0.15, -0.1) is 0 Å². The van der Waals surface area contributed by atoms with E-state index in [1.165, 1.54) is 70.6 Å². The van der Waals surface area contributed by atoms with Crippen molar-refractivity contribution in [2.24, 2.45) is 0 Å². The van der Waals surface area contributed by atoms with E-state index in [2.05, 4.69) is 130 Å². The molecule has 0 aliphatic heterocycles. The van der Waals surface area contributed by atoms with Gasteiger partial charge in [0, 0.05) is 19.3 Å². The van der Waals surface area contributed by atoms with E-state index < -0.39 is 57.8 Å². The molecule has 0 heterocycles. The number of hydrogen-bond donors (Lipinski definition) is 2. The Bertz CT molecular complexity index is 1720. The average molecular weight is 1110 g/mol. The van der Waals surface area contributed by atoms with Crippen LogP contribution in [0.2, 0.25) is 0 Å². The number of aliphatic hydroxyl groups is 1. The van der Waals surface area contributed by atoms with Gasteiger partial charge >= 0.3 is 25.7 Å². The minimum atomic E-state index is -4.77. The summed E-state index contributed by atoms with van der Waals surface area (Å²) in [5.74, 6) is -1.53. The molecule has 0 rings (SSSR count). The van der Waals surface area contributed by atoms with E-state index in [1.807, 2.05) is 0 Å². The Labute approximate surface area is 475 Å². The summed E-state index contributed by atoms with van der Waals surface area (Å²) in [5.41, 5.74) is 0. The second-order valence-electron chi connectivity index (χ2n) is 20.1. The van der Waals surface area contributed by atoms with E-state index in [0.29, 0.717) is 19.3 Å². The van der Waals surface area contributed by atoms with Crippen molar-refractivity contribution in [3.63, 3.8) is 0 Å². The highest BCUT2D eigenvalue weighted by molar-refractivity contribution is 7.47. The fraction of sp³-hybridized carbons (Fsp3) is 0.682. The molecule has 78 heavy (non-hydrogen) atoms. The number of unbranched alkanes of at least 4 members (excludes halogenated alkanes) is 21. The van der Waals surface area contributed by atoms with Crippen LogP contribution in [0.15, 0.2) is 109 Å². The third kappa shape index (κ3) is 56.8. The first-order valence-corrected chi connectivity index (χ1v) is 32.3. The van der Waals surface area contributed by atoms with Crippen LogP contribution >= 0.6 is 7.82 Å². The van der Waals surface area contributed by atoms with E-state index in [4.69, 9.17) is 23.3 Å². The maximum atomic E-state index is 12.9. The van der Waals surface area contributed by atoms with Gasteiger partial charge in [-0.2, -0.15) is 0 Å². The maximum Gasteiger partial charge on any atom is 0.472 e. The van der Waals surface area contributed by atoms with Crippen LogP contribution in [-0.2, 0) is 42.2 Å². The van der Waals surface area contributed by atoms with Gasteiger partial charge in [-0.05, 0) is 122 Å². The second-order valence-corrected chi connectivity index (χ2v) is 21.6. The highest BCUT2D eigenvalue weighted by atomic mass is 31.2. The molecule has 0 fully saturated rings. The van der Waals surface area contributed by atoms with Crippen LogP contribution in [0.1, 0.15) is 252 Å². The van der Waals surface area contributed by atoms with E-state index in [-0.39, 0.29) is 25.9 Å². The molecule has 0 spiro atoms. The van der Waals surface area contributed by atoms with Crippen molar-refractivity contribution in [1.29, 1.82) is 0 Å². The summed E-state index contributed by atoms with van der Waals surface area (Å²) < 4.78 is 39.6. The minimum absolute atomic E-state index is 0.120. The molecule has 11 nitrogen and oxygen atoms in total. The normalized spacial score (nSPS) is 14.1. The fourth-order valence-electron chi connectivity index (χ4n) is 8.04. The third-order valence-electron chi connectivity index (χ3n) is 12.7. The molecule has 0 saturated carbocycles. The number of hydrogen-bond acceptors (Lipinski definition) is 10. The van der Waals surface area contributed by atoms with Crippen molar-refractivity contribution in [1.82, 2.24) is 0 Å². The number of esters is 3. The summed E-state index contributed by atoms with van der Waals surface area (Å²) in [6.45, 7) is 4.34. The molecular formula is C66H111O11P. The Hall–Kier alpha value is -3.86. The molecule has 12 heteroatoms. The molecule has 3 unspecified atom stereocenters. The minimum Gasteiger partial charge on any atom is -0.462 e. The largest absolute Gasteiger partial charge is 0.472 e. The number of aliphatic hydroxyl groups excluding tert-OH is 1. The summed E-state index contributed by atoms with van der Waals surface area (Å²) in [5, 5.41) is 9.83. The van der Waals surface area contributed by atoms with Gasteiger partial charge in [0.25, 0.3) is 0 Å². The number of allylic oxidation sites excluding steroid dienone is 18. The van der Waals surface area contributed by atoms with Crippen LogP contribution in [0, 0.1) is 0 Å². The Morgan fingerprint density at radius 2 is 0.667 bits per heavy atom. The first kappa shape index (κ1) is 74.1. The molecule has 0 bridgehead atoms. The zero-order valence-corrected chi connectivity index (χ0v) is 50.2. The SMILES string of the molecule is CC/C=C\C/C=C\C/C=C\C/C=C\CCCCC(=O)OC(CO)COP(=O)(O)OCC(COC(=O)CCCCCCCCC/C=C\C/C=C\C/C=C\CC)OC(=O)CCCCCCCCCCC/C=C\C/C=C\CCCCC. The zero-order chi connectivity index (χ0) is 56.9. The van der Waals surface area contributed by atoms with Crippen molar-refractivity contribution >= 4 is 25.7 Å². The van der Waals surface area contributed by atoms with Crippen LogP contribution in [-0.4, -0.2) is 66.5 Å². The number of carbonyl (C=O) groups excluding carboxylic acids is 3. The lowest BCUT2D eigenvalue weighted by Crippen LogP contribution is -2.30. The predicted molar refractivity (Wildman–Crippen MR) is 325 cm³/mol. The number of carbonyl (C=O) groups is 3. The molecule has 2 N–H and O–H groups in total. The molecule has 0 aromatic rings. The van der Waals surface area contributed by atoms with Gasteiger partial charge in [0.15, 0.2) is 6.10 Å². The van der Waals surface area contributed by atoms with Crippen molar-refractivity contribution in [3.8, 4) is 0 Å². The van der Waals surface area contributed by atoms with Crippen LogP contribution < -0.4 is 0 Å². The van der Waals surface area contributed by atoms with Crippen LogP contribution in [0.5, 0.6) is 0 Å². The summed E-state index contributed by atoms with van der Waals surface area (Å²) in [6.07, 6.45) is 71.8. The Kier molecular flexibility index (Phi) is 56.3. The van der Waals surface area contributed by atoms with Crippen molar-refractivity contribution in [3.05, 3.63) is 109 Å². The molecule has 0 aliphatic rings. The van der Waals surface area contributed by atoms with Crippen molar-refractivity contribution < 1.29 is 52.2 Å². The summed E-state index contributed by atoms with van der Waals surface area (Å²) >= 11 is 0. The first-order chi connectivity index (χ1) is 38.2. The van der Waals surface area contributed by atoms with E-state index in [1.54, 1.807) is 0 Å². The molecule has 3 atom stereocenters. The molecule has 0 aromatic heterocycles. The van der Waals surface area contributed by atoms with Crippen LogP contribution in [0.25, 0.3) is 0 Å². The Balaban J connectivity index is 4.78.